The molecular formula is C6H6O3. The predicted octanol–water partition coefficient (Wildman–Crippen LogP) is 0.0570. The highest BCUT2D eigenvalue weighted by molar-refractivity contribution is 6.22. The topological polar surface area (TPSA) is 43.4 Å². The smallest absolute Gasteiger partial charge is 0.342 e. The van der Waals surface area contributed by atoms with Crippen LogP contribution in [-0.2, 0) is 14.3 Å². The number of ketones is 1. The van der Waals surface area contributed by atoms with Gasteiger partial charge in [0.2, 0.25) is 5.78 Å². The molecule has 3 nitrogen and oxygen atoms in total. The molecular weight excluding hydrogens is 120 g/mol. The summed E-state index contributed by atoms with van der Waals surface area (Å²) in [5.41, 5.74) is -0.0394. The molecule has 1 rings (SSSR count). The van der Waals surface area contributed by atoms with E-state index in [2.05, 4.69) is 11.3 Å². The summed E-state index contributed by atoms with van der Waals surface area (Å²) in [4.78, 5) is 21.1. The quantitative estimate of drug-likeness (QED) is 0.262. The number of cyclic esters (lactones) is 1. The maximum Gasteiger partial charge on any atom is 0.342 e. The van der Waals surface area contributed by atoms with Crippen LogP contribution in [0.25, 0.3) is 0 Å². The summed E-state index contributed by atoms with van der Waals surface area (Å²) in [5, 5.41) is 0. The standard InChI is InChI=1S/C6H6O3/c1-3-5(7)4(2)9-6(3)8/h4H,1H2,2H3. The summed E-state index contributed by atoms with van der Waals surface area (Å²) in [6.07, 6.45) is -0.620. The van der Waals surface area contributed by atoms with Crippen molar-refractivity contribution in [3.63, 3.8) is 0 Å². The van der Waals surface area contributed by atoms with Crippen molar-refractivity contribution < 1.29 is 14.3 Å². The number of carbonyl (C=O) groups is 2. The van der Waals surface area contributed by atoms with Crippen LogP contribution in [0.1, 0.15) is 6.92 Å². The molecule has 0 aliphatic carbocycles. The molecule has 0 bridgehead atoms. The zero-order valence-corrected chi connectivity index (χ0v) is 5.01. The molecule has 1 aliphatic rings. The molecule has 0 saturated carbocycles. The minimum absolute atomic E-state index is 0.0394. The predicted molar refractivity (Wildman–Crippen MR) is 29.7 cm³/mol. The molecule has 0 N–H and O–H groups in total. The lowest BCUT2D eigenvalue weighted by Gasteiger charge is -1.93. The highest BCUT2D eigenvalue weighted by Crippen LogP contribution is 2.12. The first-order chi connectivity index (χ1) is 4.13. The van der Waals surface area contributed by atoms with Crippen LogP contribution in [0.2, 0.25) is 0 Å². The molecule has 0 aromatic rings. The Bertz CT molecular complexity index is 192. The number of hydrogen-bond acceptors (Lipinski definition) is 3. The van der Waals surface area contributed by atoms with Crippen molar-refractivity contribution in [2.24, 2.45) is 0 Å². The van der Waals surface area contributed by atoms with Crippen LogP contribution >= 0.6 is 0 Å². The van der Waals surface area contributed by atoms with Gasteiger partial charge in [-0.2, -0.15) is 0 Å². The molecule has 0 aromatic carbocycles. The van der Waals surface area contributed by atoms with Crippen molar-refractivity contribution in [3.05, 3.63) is 12.2 Å². The van der Waals surface area contributed by atoms with Crippen LogP contribution in [-0.4, -0.2) is 17.9 Å². The third-order valence-corrected chi connectivity index (χ3v) is 1.20. The fraction of sp³-hybridized carbons (Fsp3) is 0.333. The van der Waals surface area contributed by atoms with E-state index in [1.54, 1.807) is 0 Å². The zero-order chi connectivity index (χ0) is 7.02. The first-order valence-corrected chi connectivity index (χ1v) is 2.57. The average molecular weight is 126 g/mol. The molecule has 1 unspecified atom stereocenters. The van der Waals surface area contributed by atoms with E-state index in [1.807, 2.05) is 0 Å². The van der Waals surface area contributed by atoms with E-state index in [4.69, 9.17) is 0 Å². The van der Waals surface area contributed by atoms with Crippen molar-refractivity contribution in [3.8, 4) is 0 Å². The van der Waals surface area contributed by atoms with Crippen molar-refractivity contribution in [2.45, 2.75) is 13.0 Å². The lowest BCUT2D eigenvalue weighted by molar-refractivity contribution is -0.139. The van der Waals surface area contributed by atoms with Gasteiger partial charge in [0.15, 0.2) is 6.10 Å². The molecule has 0 spiro atoms. The summed E-state index contributed by atoms with van der Waals surface area (Å²) in [6, 6.07) is 0. The van der Waals surface area contributed by atoms with Crippen LogP contribution in [0.15, 0.2) is 12.2 Å². The second-order valence-electron chi connectivity index (χ2n) is 1.89. The van der Waals surface area contributed by atoms with Crippen molar-refractivity contribution in [1.82, 2.24) is 0 Å². The van der Waals surface area contributed by atoms with Gasteiger partial charge >= 0.3 is 5.97 Å². The number of carbonyl (C=O) groups excluding carboxylic acids is 2. The minimum atomic E-state index is -0.620. The summed E-state index contributed by atoms with van der Waals surface area (Å²) >= 11 is 0. The first-order valence-electron chi connectivity index (χ1n) is 2.57. The normalized spacial score (nSPS) is 26.8. The largest absolute Gasteiger partial charge is 0.451 e. The molecule has 9 heavy (non-hydrogen) atoms. The van der Waals surface area contributed by atoms with Crippen LogP contribution in [0.4, 0.5) is 0 Å². The lowest BCUT2D eigenvalue weighted by atomic mass is 10.2. The number of esters is 1. The second kappa shape index (κ2) is 1.69. The van der Waals surface area contributed by atoms with E-state index in [0.717, 1.165) is 0 Å². The summed E-state index contributed by atoms with van der Waals surface area (Å²) in [5.74, 6) is -0.896. The third-order valence-electron chi connectivity index (χ3n) is 1.20. The van der Waals surface area contributed by atoms with Gasteiger partial charge in [-0.1, -0.05) is 6.58 Å². The van der Waals surface area contributed by atoms with E-state index in [1.165, 1.54) is 6.92 Å². The van der Waals surface area contributed by atoms with Gasteiger partial charge in [-0.05, 0) is 6.92 Å². The van der Waals surface area contributed by atoms with Gasteiger partial charge in [-0.15, -0.1) is 0 Å². The van der Waals surface area contributed by atoms with Gasteiger partial charge in [0.05, 0.1) is 5.57 Å². The maximum absolute atomic E-state index is 10.7. The number of Topliss-reactive ketones (excluding diaryl/α,β-unsaturated/α-hetero) is 1. The van der Waals surface area contributed by atoms with Crippen molar-refractivity contribution in [1.29, 1.82) is 0 Å². The van der Waals surface area contributed by atoms with E-state index in [0.29, 0.717) is 0 Å². The molecule has 0 amide bonds. The van der Waals surface area contributed by atoms with Crippen LogP contribution < -0.4 is 0 Å². The van der Waals surface area contributed by atoms with Gasteiger partial charge in [-0.3, -0.25) is 4.79 Å². The van der Waals surface area contributed by atoms with E-state index < -0.39 is 12.1 Å². The fourth-order valence-electron chi connectivity index (χ4n) is 0.631. The Balaban J connectivity index is 2.90. The second-order valence-corrected chi connectivity index (χ2v) is 1.89. The SMILES string of the molecule is C=C1C(=O)OC(C)C1=O. The van der Waals surface area contributed by atoms with Crippen LogP contribution in [0.3, 0.4) is 0 Å². The monoisotopic (exact) mass is 126 g/mol. The van der Waals surface area contributed by atoms with Crippen LogP contribution in [0.5, 0.6) is 0 Å². The molecule has 0 aromatic heterocycles. The van der Waals surface area contributed by atoms with Gasteiger partial charge in [0, 0.05) is 0 Å². The molecule has 1 aliphatic heterocycles. The highest BCUT2D eigenvalue weighted by atomic mass is 16.6. The Morgan fingerprint density at radius 3 is 2.22 bits per heavy atom. The molecule has 3 heteroatoms. The lowest BCUT2D eigenvalue weighted by Crippen LogP contribution is -2.09. The van der Waals surface area contributed by atoms with Crippen molar-refractivity contribution in [2.75, 3.05) is 0 Å². The third kappa shape index (κ3) is 0.740. The van der Waals surface area contributed by atoms with Crippen molar-refractivity contribution >= 4 is 11.8 Å². The first kappa shape index (κ1) is 6.01. The van der Waals surface area contributed by atoms with Gasteiger partial charge < -0.3 is 4.74 Å². The average Bonchev–Trinajstić information content (AvgIpc) is 1.98. The Labute approximate surface area is 52.3 Å². The van der Waals surface area contributed by atoms with E-state index in [-0.39, 0.29) is 11.4 Å². The van der Waals surface area contributed by atoms with Crippen LogP contribution in [0, 0.1) is 0 Å². The summed E-state index contributed by atoms with van der Waals surface area (Å²) in [6.45, 7) is 4.77. The Morgan fingerprint density at radius 1 is 1.56 bits per heavy atom. The Hall–Kier alpha value is -1.12. The molecule has 48 valence electrons. The van der Waals surface area contributed by atoms with Gasteiger partial charge in [0.25, 0.3) is 0 Å². The summed E-state index contributed by atoms with van der Waals surface area (Å²) in [7, 11) is 0. The minimum Gasteiger partial charge on any atom is -0.451 e. The van der Waals surface area contributed by atoms with Gasteiger partial charge in [-0.25, -0.2) is 4.79 Å². The molecule has 1 fully saturated rings. The Morgan fingerprint density at radius 2 is 2.11 bits per heavy atom. The Kier molecular flexibility index (Phi) is 1.12. The molecule has 1 saturated heterocycles. The number of ether oxygens (including phenoxy) is 1. The summed E-state index contributed by atoms with van der Waals surface area (Å²) < 4.78 is 4.50. The molecule has 1 atom stereocenters. The maximum atomic E-state index is 10.7. The number of hydrogen-bond donors (Lipinski definition) is 0. The fourth-order valence-corrected chi connectivity index (χ4v) is 0.631. The highest BCUT2D eigenvalue weighted by Gasteiger charge is 2.32. The number of rotatable bonds is 0. The zero-order valence-electron chi connectivity index (χ0n) is 5.01. The molecule has 0 radical (unpaired) electrons. The van der Waals surface area contributed by atoms with E-state index in [9.17, 15) is 9.59 Å². The molecule has 1 heterocycles. The van der Waals surface area contributed by atoms with E-state index >= 15 is 0 Å². The van der Waals surface area contributed by atoms with Gasteiger partial charge in [0.1, 0.15) is 0 Å².